The van der Waals surface area contributed by atoms with Gasteiger partial charge in [-0.1, -0.05) is 0 Å². The highest BCUT2D eigenvalue weighted by atomic mass is 16.7. The van der Waals surface area contributed by atoms with Crippen LogP contribution in [0.25, 0.3) is 0 Å². The predicted octanol–water partition coefficient (Wildman–Crippen LogP) is 0.161. The largest absolute Gasteiger partial charge is 0.466 e. The topological polar surface area (TPSA) is 48.0 Å². The molecule has 0 aliphatic carbocycles. The minimum atomic E-state index is -0.173. The highest BCUT2D eigenvalue weighted by Gasteiger charge is 2.12. The number of hydrogen-bond acceptors (Lipinski definition) is 5. The zero-order valence-electron chi connectivity index (χ0n) is 7.82. The third kappa shape index (κ3) is 4.21. The zero-order valence-corrected chi connectivity index (χ0v) is 7.82. The summed E-state index contributed by atoms with van der Waals surface area (Å²) in [4.78, 5) is 12.9. The lowest BCUT2D eigenvalue weighted by Gasteiger charge is -2.25. The van der Waals surface area contributed by atoms with Crippen LogP contribution in [-0.2, 0) is 19.0 Å². The summed E-state index contributed by atoms with van der Waals surface area (Å²) in [7, 11) is 0. The van der Waals surface area contributed by atoms with Crippen LogP contribution in [0, 0.1) is 0 Å². The van der Waals surface area contributed by atoms with E-state index in [1.165, 1.54) is 0 Å². The van der Waals surface area contributed by atoms with Gasteiger partial charge in [0.2, 0.25) is 0 Å². The molecule has 0 saturated carbocycles. The molecule has 1 heterocycles. The van der Waals surface area contributed by atoms with Crippen molar-refractivity contribution >= 4 is 5.97 Å². The molecule has 0 amide bonds. The molecule has 1 rings (SSSR count). The summed E-state index contributed by atoms with van der Waals surface area (Å²) in [5.74, 6) is -0.173. The average molecular weight is 189 g/mol. The fourth-order valence-electron chi connectivity index (χ4n) is 1.04. The summed E-state index contributed by atoms with van der Waals surface area (Å²) in [6.07, 6.45) is 0.389. The van der Waals surface area contributed by atoms with Gasteiger partial charge in [0.15, 0.2) is 0 Å². The third-order valence-electron chi connectivity index (χ3n) is 1.65. The lowest BCUT2D eigenvalue weighted by Crippen LogP contribution is -2.36. The Morgan fingerprint density at radius 3 is 2.77 bits per heavy atom. The van der Waals surface area contributed by atoms with E-state index in [0.29, 0.717) is 39.8 Å². The van der Waals surface area contributed by atoms with Crippen LogP contribution in [0.3, 0.4) is 0 Å². The second-order valence-corrected chi connectivity index (χ2v) is 2.73. The van der Waals surface area contributed by atoms with Crippen molar-refractivity contribution in [3.8, 4) is 0 Å². The number of rotatable bonds is 4. The van der Waals surface area contributed by atoms with Crippen LogP contribution in [-0.4, -0.2) is 44.3 Å². The Morgan fingerprint density at radius 2 is 2.15 bits per heavy atom. The van der Waals surface area contributed by atoms with E-state index >= 15 is 0 Å². The Labute approximate surface area is 77.6 Å². The number of nitrogens with zero attached hydrogens (tertiary/aromatic N) is 1. The highest BCUT2D eigenvalue weighted by molar-refractivity contribution is 5.69. The summed E-state index contributed by atoms with van der Waals surface area (Å²) in [6.45, 7) is 4.25. The number of carbonyl (C=O) groups is 1. The lowest BCUT2D eigenvalue weighted by molar-refractivity contribution is -0.184. The Morgan fingerprint density at radius 1 is 1.46 bits per heavy atom. The van der Waals surface area contributed by atoms with Gasteiger partial charge in [0.1, 0.15) is 20.3 Å². The summed E-state index contributed by atoms with van der Waals surface area (Å²) >= 11 is 0. The maximum Gasteiger partial charge on any atom is 0.307 e. The number of ether oxygens (including phenoxy) is 3. The average Bonchev–Trinajstić information content (AvgIpc) is 2.17. The van der Waals surface area contributed by atoms with Gasteiger partial charge in [-0.15, -0.1) is 0 Å². The maximum atomic E-state index is 11.0. The molecule has 0 N–H and O–H groups in total. The van der Waals surface area contributed by atoms with E-state index in [1.54, 1.807) is 6.92 Å². The van der Waals surface area contributed by atoms with E-state index in [2.05, 4.69) is 0 Å². The van der Waals surface area contributed by atoms with Crippen LogP contribution in [0.15, 0.2) is 0 Å². The van der Waals surface area contributed by atoms with Gasteiger partial charge in [-0.25, -0.2) is 0 Å². The summed E-state index contributed by atoms with van der Waals surface area (Å²) in [5, 5.41) is 0. The van der Waals surface area contributed by atoms with Crippen LogP contribution in [0.4, 0.5) is 0 Å². The lowest BCUT2D eigenvalue weighted by atomic mass is 10.4. The van der Waals surface area contributed by atoms with Crippen molar-refractivity contribution in [1.82, 2.24) is 4.90 Å². The molecule has 0 spiro atoms. The van der Waals surface area contributed by atoms with Crippen LogP contribution in [0.2, 0.25) is 0 Å². The Kier molecular flexibility index (Phi) is 4.74. The minimum Gasteiger partial charge on any atom is -0.466 e. The summed E-state index contributed by atoms with van der Waals surface area (Å²) < 4.78 is 14.8. The molecule has 0 atom stereocenters. The van der Waals surface area contributed by atoms with Crippen LogP contribution in [0.1, 0.15) is 13.3 Å². The Balaban J connectivity index is 2.06. The van der Waals surface area contributed by atoms with Gasteiger partial charge in [0.05, 0.1) is 13.0 Å². The molecule has 0 aromatic rings. The van der Waals surface area contributed by atoms with Crippen molar-refractivity contribution in [2.45, 2.75) is 13.3 Å². The molecule has 5 heteroatoms. The van der Waals surface area contributed by atoms with Crippen LogP contribution >= 0.6 is 0 Å². The Hall–Kier alpha value is -0.650. The zero-order chi connectivity index (χ0) is 9.52. The van der Waals surface area contributed by atoms with Gasteiger partial charge < -0.3 is 14.2 Å². The molecule has 1 aliphatic heterocycles. The van der Waals surface area contributed by atoms with Crippen molar-refractivity contribution in [2.75, 3.05) is 33.4 Å². The molecule has 0 aromatic carbocycles. The molecule has 13 heavy (non-hydrogen) atoms. The SMILES string of the molecule is CCOC(=O)CCN1COCOC1. The second-order valence-electron chi connectivity index (χ2n) is 2.73. The molecule has 0 bridgehead atoms. The van der Waals surface area contributed by atoms with Crippen molar-refractivity contribution < 1.29 is 19.0 Å². The van der Waals surface area contributed by atoms with Crippen LogP contribution in [0.5, 0.6) is 0 Å². The number of carbonyl (C=O) groups excluding carboxylic acids is 1. The molecule has 0 aromatic heterocycles. The first-order valence-electron chi connectivity index (χ1n) is 4.36. The molecule has 1 saturated heterocycles. The van der Waals surface area contributed by atoms with Crippen molar-refractivity contribution in [3.63, 3.8) is 0 Å². The van der Waals surface area contributed by atoms with Crippen LogP contribution < -0.4 is 0 Å². The van der Waals surface area contributed by atoms with E-state index in [-0.39, 0.29) is 5.97 Å². The van der Waals surface area contributed by atoms with Gasteiger partial charge in [-0.3, -0.25) is 9.69 Å². The first kappa shape index (κ1) is 10.4. The number of hydrogen-bond donors (Lipinski definition) is 0. The standard InChI is InChI=1S/C8H15NO4/c1-2-13-8(10)3-4-9-5-11-7-12-6-9/h2-7H2,1H3. The first-order valence-corrected chi connectivity index (χ1v) is 4.36. The number of esters is 1. The molecule has 5 nitrogen and oxygen atoms in total. The highest BCUT2D eigenvalue weighted by Crippen LogP contribution is 1.99. The maximum absolute atomic E-state index is 11.0. The first-order chi connectivity index (χ1) is 6.33. The summed E-state index contributed by atoms with van der Waals surface area (Å²) in [6, 6.07) is 0. The molecule has 1 aliphatic rings. The van der Waals surface area contributed by atoms with E-state index in [1.807, 2.05) is 4.90 Å². The minimum absolute atomic E-state index is 0.173. The van der Waals surface area contributed by atoms with E-state index in [4.69, 9.17) is 14.2 Å². The monoisotopic (exact) mass is 189 g/mol. The molecular weight excluding hydrogens is 174 g/mol. The van der Waals surface area contributed by atoms with Crippen molar-refractivity contribution in [2.24, 2.45) is 0 Å². The molecule has 1 fully saturated rings. The van der Waals surface area contributed by atoms with Crippen molar-refractivity contribution in [3.05, 3.63) is 0 Å². The second kappa shape index (κ2) is 5.90. The van der Waals surface area contributed by atoms with Gasteiger partial charge >= 0.3 is 5.97 Å². The Bertz CT molecular complexity index is 156. The van der Waals surface area contributed by atoms with Gasteiger partial charge in [0, 0.05) is 6.54 Å². The fourth-order valence-corrected chi connectivity index (χ4v) is 1.04. The fraction of sp³-hybridized carbons (Fsp3) is 0.875. The van der Waals surface area contributed by atoms with E-state index in [9.17, 15) is 4.79 Å². The molecule has 0 radical (unpaired) electrons. The smallest absolute Gasteiger partial charge is 0.307 e. The third-order valence-corrected chi connectivity index (χ3v) is 1.65. The van der Waals surface area contributed by atoms with Gasteiger partial charge in [-0.05, 0) is 6.92 Å². The predicted molar refractivity (Wildman–Crippen MR) is 44.7 cm³/mol. The van der Waals surface area contributed by atoms with Crippen molar-refractivity contribution in [1.29, 1.82) is 0 Å². The van der Waals surface area contributed by atoms with E-state index < -0.39 is 0 Å². The molecule has 0 unspecified atom stereocenters. The molecular formula is C8H15NO4. The van der Waals surface area contributed by atoms with Gasteiger partial charge in [0.25, 0.3) is 0 Å². The summed E-state index contributed by atoms with van der Waals surface area (Å²) in [5.41, 5.74) is 0. The quantitative estimate of drug-likeness (QED) is 0.589. The van der Waals surface area contributed by atoms with E-state index in [0.717, 1.165) is 0 Å². The van der Waals surface area contributed by atoms with Gasteiger partial charge in [-0.2, -0.15) is 0 Å². The molecule has 76 valence electrons. The normalized spacial score (nSPS) is 18.5.